The van der Waals surface area contributed by atoms with E-state index in [0.29, 0.717) is 16.6 Å². The molecule has 3 aromatic rings. The summed E-state index contributed by atoms with van der Waals surface area (Å²) in [5, 5.41) is 5.21. The van der Waals surface area contributed by atoms with Crippen molar-refractivity contribution in [3.8, 4) is 0 Å². The lowest BCUT2D eigenvalue weighted by molar-refractivity contribution is 0.600. The van der Waals surface area contributed by atoms with Crippen LogP contribution in [0, 0.1) is 0 Å². The van der Waals surface area contributed by atoms with Crippen molar-refractivity contribution in [2.45, 2.75) is 37.6 Å². The molecule has 0 saturated carbocycles. The van der Waals surface area contributed by atoms with E-state index in [4.69, 9.17) is 23.2 Å². The molecule has 28 heavy (non-hydrogen) atoms. The molecular formula is C19H20Cl2N4O2S. The van der Waals surface area contributed by atoms with E-state index in [9.17, 15) is 8.42 Å². The zero-order valence-corrected chi connectivity index (χ0v) is 17.6. The fourth-order valence-corrected chi connectivity index (χ4v) is 4.05. The molecule has 0 spiro atoms. The Bertz CT molecular complexity index is 1050. The van der Waals surface area contributed by atoms with Gasteiger partial charge in [-0.05, 0) is 48.2 Å². The number of benzene rings is 2. The van der Waals surface area contributed by atoms with Crippen LogP contribution in [0.15, 0.2) is 53.7 Å². The normalized spacial score (nSPS) is 11.5. The first kappa shape index (κ1) is 20.6. The van der Waals surface area contributed by atoms with E-state index in [1.807, 2.05) is 12.1 Å². The van der Waals surface area contributed by atoms with Crippen molar-refractivity contribution < 1.29 is 8.42 Å². The highest BCUT2D eigenvalue weighted by Crippen LogP contribution is 2.22. The Morgan fingerprint density at radius 2 is 1.86 bits per heavy atom. The second-order valence-corrected chi connectivity index (χ2v) is 8.88. The minimum Gasteiger partial charge on any atom is -0.246 e. The number of halogens is 2. The number of anilines is 1. The van der Waals surface area contributed by atoms with Gasteiger partial charge in [0.1, 0.15) is 6.33 Å². The third-order valence-electron chi connectivity index (χ3n) is 4.16. The molecule has 1 aromatic heterocycles. The van der Waals surface area contributed by atoms with Crippen molar-refractivity contribution in [3.63, 3.8) is 0 Å². The standard InChI is InChI=1S/C19H20Cl2N4O2S/c1-2-3-4-14-5-9-17(10-6-14)28(26,27)24-19-22-13-25(23-19)12-15-7-8-16(20)11-18(15)21/h5-11,13H,2-4,12H2,1H3,(H,23,24). The van der Waals surface area contributed by atoms with Gasteiger partial charge >= 0.3 is 0 Å². The summed E-state index contributed by atoms with van der Waals surface area (Å²) in [7, 11) is -3.76. The minimum atomic E-state index is -3.76. The molecule has 2 aromatic carbocycles. The molecule has 0 radical (unpaired) electrons. The summed E-state index contributed by atoms with van der Waals surface area (Å²) in [6.45, 7) is 2.46. The largest absolute Gasteiger partial charge is 0.264 e. The quantitative estimate of drug-likeness (QED) is 0.548. The molecule has 1 heterocycles. The van der Waals surface area contributed by atoms with Gasteiger partial charge in [0.25, 0.3) is 16.0 Å². The fraction of sp³-hybridized carbons (Fsp3) is 0.263. The Labute approximate surface area is 174 Å². The van der Waals surface area contributed by atoms with Crippen molar-refractivity contribution >= 4 is 39.2 Å². The second kappa shape index (κ2) is 8.94. The molecule has 9 heteroatoms. The lowest BCUT2D eigenvalue weighted by atomic mass is 10.1. The molecule has 0 fully saturated rings. The van der Waals surface area contributed by atoms with Gasteiger partial charge in [-0.1, -0.05) is 54.7 Å². The van der Waals surface area contributed by atoms with Crippen LogP contribution in [0.3, 0.4) is 0 Å². The van der Waals surface area contributed by atoms with Crippen LogP contribution in [-0.4, -0.2) is 23.2 Å². The van der Waals surface area contributed by atoms with Crippen molar-refractivity contribution in [1.29, 1.82) is 0 Å². The van der Waals surface area contributed by atoms with Crippen LogP contribution in [-0.2, 0) is 23.0 Å². The Morgan fingerprint density at radius 3 is 2.54 bits per heavy atom. The van der Waals surface area contributed by atoms with Gasteiger partial charge in [0.05, 0.1) is 11.4 Å². The SMILES string of the molecule is CCCCc1ccc(S(=O)(=O)Nc2ncn(Cc3ccc(Cl)cc3Cl)n2)cc1. The van der Waals surface area contributed by atoms with Crippen molar-refractivity contribution in [2.75, 3.05) is 4.72 Å². The topological polar surface area (TPSA) is 76.9 Å². The van der Waals surface area contributed by atoms with Gasteiger partial charge in [0, 0.05) is 10.0 Å². The average Bonchev–Trinajstić information content (AvgIpc) is 3.09. The van der Waals surface area contributed by atoms with Crippen LogP contribution in [0.4, 0.5) is 5.95 Å². The highest BCUT2D eigenvalue weighted by atomic mass is 35.5. The van der Waals surface area contributed by atoms with Gasteiger partial charge in [-0.15, -0.1) is 5.10 Å². The number of aromatic nitrogens is 3. The Hall–Kier alpha value is -2.09. The van der Waals surface area contributed by atoms with Gasteiger partial charge in [-0.2, -0.15) is 4.98 Å². The number of rotatable bonds is 8. The first-order valence-corrected chi connectivity index (χ1v) is 11.1. The third-order valence-corrected chi connectivity index (χ3v) is 6.09. The van der Waals surface area contributed by atoms with E-state index in [1.165, 1.54) is 11.0 Å². The zero-order chi connectivity index (χ0) is 20.1. The van der Waals surface area contributed by atoms with Crippen LogP contribution < -0.4 is 4.72 Å². The molecule has 0 saturated heterocycles. The molecule has 3 rings (SSSR count). The minimum absolute atomic E-state index is 0.000135. The lowest BCUT2D eigenvalue weighted by Gasteiger charge is -2.06. The molecule has 0 unspecified atom stereocenters. The van der Waals surface area contributed by atoms with E-state index in [-0.39, 0.29) is 10.8 Å². The molecule has 0 aliphatic heterocycles. The van der Waals surface area contributed by atoms with Crippen LogP contribution >= 0.6 is 23.2 Å². The number of nitrogens with one attached hydrogen (secondary N) is 1. The molecule has 0 atom stereocenters. The maximum absolute atomic E-state index is 12.5. The molecule has 0 amide bonds. The zero-order valence-electron chi connectivity index (χ0n) is 15.3. The number of unbranched alkanes of at least 4 members (excludes halogenated alkanes) is 1. The van der Waals surface area contributed by atoms with E-state index in [2.05, 4.69) is 21.7 Å². The van der Waals surface area contributed by atoms with E-state index >= 15 is 0 Å². The predicted octanol–water partition coefficient (Wildman–Crippen LogP) is 4.78. The van der Waals surface area contributed by atoms with Gasteiger partial charge in [0.2, 0.25) is 0 Å². The van der Waals surface area contributed by atoms with Crippen LogP contribution in [0.1, 0.15) is 30.9 Å². The first-order chi connectivity index (χ1) is 13.4. The summed E-state index contributed by atoms with van der Waals surface area (Å²) in [4.78, 5) is 4.19. The van der Waals surface area contributed by atoms with Crippen molar-refractivity contribution in [2.24, 2.45) is 0 Å². The maximum Gasteiger partial charge on any atom is 0.264 e. The first-order valence-electron chi connectivity index (χ1n) is 8.82. The molecule has 0 aliphatic rings. The summed E-state index contributed by atoms with van der Waals surface area (Å²) in [6, 6.07) is 12.0. The number of hydrogen-bond donors (Lipinski definition) is 1. The van der Waals surface area contributed by atoms with Crippen LogP contribution in [0.2, 0.25) is 10.0 Å². The van der Waals surface area contributed by atoms with E-state index in [0.717, 1.165) is 30.4 Å². The number of hydrogen-bond acceptors (Lipinski definition) is 4. The molecular weight excluding hydrogens is 419 g/mol. The fourth-order valence-electron chi connectivity index (χ4n) is 2.64. The summed E-state index contributed by atoms with van der Waals surface area (Å²) >= 11 is 12.1. The van der Waals surface area contributed by atoms with Crippen molar-refractivity contribution in [3.05, 3.63) is 70.0 Å². The summed E-state index contributed by atoms with van der Waals surface area (Å²) in [5.41, 5.74) is 1.91. The summed E-state index contributed by atoms with van der Waals surface area (Å²) in [5.74, 6) is 0.000135. The van der Waals surface area contributed by atoms with E-state index < -0.39 is 10.0 Å². The maximum atomic E-state index is 12.5. The monoisotopic (exact) mass is 438 g/mol. The Kier molecular flexibility index (Phi) is 6.59. The molecule has 1 N–H and O–H groups in total. The lowest BCUT2D eigenvalue weighted by Crippen LogP contribution is -2.14. The second-order valence-electron chi connectivity index (χ2n) is 6.35. The van der Waals surface area contributed by atoms with Gasteiger partial charge < -0.3 is 0 Å². The van der Waals surface area contributed by atoms with Gasteiger partial charge in [-0.25, -0.2) is 17.8 Å². The molecule has 148 valence electrons. The number of nitrogens with zero attached hydrogens (tertiary/aromatic N) is 3. The van der Waals surface area contributed by atoms with Crippen LogP contribution in [0.25, 0.3) is 0 Å². The molecule has 0 aliphatic carbocycles. The van der Waals surface area contributed by atoms with Gasteiger partial charge in [-0.3, -0.25) is 0 Å². The number of aryl methyl sites for hydroxylation is 1. The highest BCUT2D eigenvalue weighted by molar-refractivity contribution is 7.92. The average molecular weight is 439 g/mol. The van der Waals surface area contributed by atoms with Crippen LogP contribution in [0.5, 0.6) is 0 Å². The Balaban J connectivity index is 1.69. The molecule has 6 nitrogen and oxygen atoms in total. The third kappa shape index (κ3) is 5.25. The predicted molar refractivity (Wildman–Crippen MR) is 111 cm³/mol. The summed E-state index contributed by atoms with van der Waals surface area (Å²) < 4.78 is 29.0. The summed E-state index contributed by atoms with van der Waals surface area (Å²) in [6.07, 6.45) is 4.54. The number of sulfonamides is 1. The smallest absolute Gasteiger partial charge is 0.246 e. The van der Waals surface area contributed by atoms with Gasteiger partial charge in [0.15, 0.2) is 0 Å². The van der Waals surface area contributed by atoms with E-state index in [1.54, 1.807) is 30.3 Å². The van der Waals surface area contributed by atoms with Crippen molar-refractivity contribution in [1.82, 2.24) is 14.8 Å². The molecule has 0 bridgehead atoms. The highest BCUT2D eigenvalue weighted by Gasteiger charge is 2.16. The Morgan fingerprint density at radius 1 is 1.11 bits per heavy atom.